The van der Waals surface area contributed by atoms with Gasteiger partial charge in [-0.2, -0.15) is 13.2 Å². The first kappa shape index (κ1) is 17.2. The number of hydrogen-bond donors (Lipinski definition) is 2. The molecule has 0 aromatic rings. The fourth-order valence-electron chi connectivity index (χ4n) is 1.09. The standard InChI is InChI=1S/C11H21F3N2O2/c1-5-18-6-8(7(2)3)16-9(17)10(4,15)11(12,13)14/h7-8H,5-6,15H2,1-4H3,(H,16,17). The van der Waals surface area contributed by atoms with Gasteiger partial charge in [-0.15, -0.1) is 0 Å². The number of halogens is 3. The summed E-state index contributed by atoms with van der Waals surface area (Å²) in [6.07, 6.45) is -4.79. The van der Waals surface area contributed by atoms with E-state index in [-0.39, 0.29) is 12.5 Å². The second-order valence-corrected chi connectivity index (χ2v) is 4.68. The lowest BCUT2D eigenvalue weighted by atomic mass is 9.99. The largest absolute Gasteiger partial charge is 0.415 e. The van der Waals surface area contributed by atoms with Gasteiger partial charge in [-0.1, -0.05) is 13.8 Å². The smallest absolute Gasteiger partial charge is 0.380 e. The van der Waals surface area contributed by atoms with Crippen LogP contribution < -0.4 is 11.1 Å². The van der Waals surface area contributed by atoms with Crippen LogP contribution in [0.25, 0.3) is 0 Å². The SMILES string of the molecule is CCOCC(NC(=O)C(C)(N)C(F)(F)F)C(C)C. The third kappa shape index (κ3) is 4.45. The van der Waals surface area contributed by atoms with Crippen molar-refractivity contribution >= 4 is 5.91 Å². The predicted octanol–water partition coefficient (Wildman–Crippen LogP) is 1.44. The Hall–Kier alpha value is -0.820. The summed E-state index contributed by atoms with van der Waals surface area (Å²) in [7, 11) is 0. The van der Waals surface area contributed by atoms with Crippen LogP contribution >= 0.6 is 0 Å². The minimum atomic E-state index is -4.79. The lowest BCUT2D eigenvalue weighted by molar-refractivity contribution is -0.188. The van der Waals surface area contributed by atoms with Crippen molar-refractivity contribution in [2.75, 3.05) is 13.2 Å². The van der Waals surface area contributed by atoms with Gasteiger partial charge >= 0.3 is 6.18 Å². The van der Waals surface area contributed by atoms with Crippen molar-refractivity contribution in [1.29, 1.82) is 0 Å². The summed E-state index contributed by atoms with van der Waals surface area (Å²) >= 11 is 0. The molecule has 0 aromatic carbocycles. The average Bonchev–Trinajstić information content (AvgIpc) is 2.21. The summed E-state index contributed by atoms with van der Waals surface area (Å²) in [5.74, 6) is -1.29. The number of rotatable bonds is 6. The van der Waals surface area contributed by atoms with Gasteiger partial charge in [0.15, 0.2) is 5.54 Å². The van der Waals surface area contributed by atoms with Crippen LogP contribution in [0.5, 0.6) is 0 Å². The Morgan fingerprint density at radius 2 is 1.89 bits per heavy atom. The van der Waals surface area contributed by atoms with Crippen LogP contribution in [0.4, 0.5) is 13.2 Å². The molecular weight excluding hydrogens is 249 g/mol. The lowest BCUT2D eigenvalue weighted by Crippen LogP contribution is -2.63. The van der Waals surface area contributed by atoms with Crippen LogP contribution in [0.3, 0.4) is 0 Å². The van der Waals surface area contributed by atoms with Gasteiger partial charge in [-0.05, 0) is 19.8 Å². The van der Waals surface area contributed by atoms with Gasteiger partial charge in [-0.25, -0.2) is 0 Å². The molecule has 0 bridgehead atoms. The molecule has 2 atom stereocenters. The van der Waals surface area contributed by atoms with Crippen molar-refractivity contribution in [1.82, 2.24) is 5.32 Å². The van der Waals surface area contributed by atoms with Crippen LogP contribution in [0.15, 0.2) is 0 Å². The van der Waals surface area contributed by atoms with Crippen molar-refractivity contribution < 1.29 is 22.7 Å². The highest BCUT2D eigenvalue weighted by Crippen LogP contribution is 2.28. The Balaban J connectivity index is 4.69. The normalized spacial score (nSPS) is 17.4. The summed E-state index contributed by atoms with van der Waals surface area (Å²) in [6.45, 7) is 6.57. The van der Waals surface area contributed by atoms with E-state index in [2.05, 4.69) is 5.32 Å². The van der Waals surface area contributed by atoms with Crippen molar-refractivity contribution in [3.05, 3.63) is 0 Å². The van der Waals surface area contributed by atoms with E-state index in [0.717, 1.165) is 0 Å². The molecule has 0 aliphatic heterocycles. The van der Waals surface area contributed by atoms with E-state index in [9.17, 15) is 18.0 Å². The topological polar surface area (TPSA) is 64.3 Å². The number of carbonyl (C=O) groups excluding carboxylic acids is 1. The van der Waals surface area contributed by atoms with E-state index < -0.39 is 23.7 Å². The minimum absolute atomic E-state index is 0.0514. The third-order valence-corrected chi connectivity index (χ3v) is 2.68. The Morgan fingerprint density at radius 1 is 1.39 bits per heavy atom. The number of hydrogen-bond acceptors (Lipinski definition) is 3. The molecule has 0 aliphatic rings. The molecule has 0 heterocycles. The van der Waals surface area contributed by atoms with E-state index in [0.29, 0.717) is 13.5 Å². The first-order valence-electron chi connectivity index (χ1n) is 5.78. The zero-order chi connectivity index (χ0) is 14.6. The van der Waals surface area contributed by atoms with Crippen LogP contribution in [-0.2, 0) is 9.53 Å². The summed E-state index contributed by atoms with van der Waals surface area (Å²) in [6, 6.07) is -0.498. The molecule has 0 fully saturated rings. The van der Waals surface area contributed by atoms with Crippen molar-refractivity contribution in [2.24, 2.45) is 11.7 Å². The number of carbonyl (C=O) groups is 1. The van der Waals surface area contributed by atoms with Crippen LogP contribution in [0.2, 0.25) is 0 Å². The highest BCUT2D eigenvalue weighted by Gasteiger charge is 2.54. The van der Waals surface area contributed by atoms with Crippen LogP contribution in [-0.4, -0.2) is 36.9 Å². The van der Waals surface area contributed by atoms with E-state index >= 15 is 0 Å². The molecule has 0 saturated heterocycles. The monoisotopic (exact) mass is 270 g/mol. The molecule has 7 heteroatoms. The lowest BCUT2D eigenvalue weighted by Gasteiger charge is -2.30. The highest BCUT2D eigenvalue weighted by atomic mass is 19.4. The van der Waals surface area contributed by atoms with E-state index in [4.69, 9.17) is 10.5 Å². The molecule has 1 amide bonds. The maximum Gasteiger partial charge on any atom is 0.415 e. The van der Waals surface area contributed by atoms with E-state index in [1.807, 2.05) is 0 Å². The van der Waals surface area contributed by atoms with Gasteiger partial charge in [0.2, 0.25) is 5.91 Å². The van der Waals surface area contributed by atoms with Crippen molar-refractivity contribution in [3.63, 3.8) is 0 Å². The Bertz CT molecular complexity index is 278. The zero-order valence-corrected chi connectivity index (χ0v) is 11.1. The molecule has 0 aromatic heterocycles. The van der Waals surface area contributed by atoms with Crippen molar-refractivity contribution in [2.45, 2.75) is 45.5 Å². The number of alkyl halides is 3. The third-order valence-electron chi connectivity index (χ3n) is 2.68. The molecule has 0 radical (unpaired) electrons. The molecule has 4 nitrogen and oxygen atoms in total. The average molecular weight is 270 g/mol. The molecule has 0 aliphatic carbocycles. The number of nitrogens with one attached hydrogen (secondary N) is 1. The van der Waals surface area contributed by atoms with Gasteiger partial charge in [0.05, 0.1) is 12.6 Å². The van der Waals surface area contributed by atoms with Gasteiger partial charge in [-0.3, -0.25) is 4.79 Å². The minimum Gasteiger partial charge on any atom is -0.380 e. The molecule has 0 saturated carbocycles. The van der Waals surface area contributed by atoms with Gasteiger partial charge < -0.3 is 15.8 Å². The van der Waals surface area contributed by atoms with E-state index in [1.54, 1.807) is 20.8 Å². The Morgan fingerprint density at radius 3 is 2.22 bits per heavy atom. The summed E-state index contributed by atoms with van der Waals surface area (Å²) in [5.41, 5.74) is 2.14. The molecule has 0 spiro atoms. The summed E-state index contributed by atoms with van der Waals surface area (Å²) in [5, 5.41) is 2.29. The number of nitrogens with two attached hydrogens (primary N) is 1. The first-order chi connectivity index (χ1) is 8.04. The van der Waals surface area contributed by atoms with E-state index in [1.165, 1.54) is 0 Å². The van der Waals surface area contributed by atoms with Gasteiger partial charge in [0.1, 0.15) is 0 Å². The number of ether oxygens (including phenoxy) is 1. The Labute approximate surface area is 105 Å². The van der Waals surface area contributed by atoms with Gasteiger partial charge in [0.25, 0.3) is 0 Å². The Kier molecular flexibility index (Phi) is 6.09. The van der Waals surface area contributed by atoms with Crippen LogP contribution in [0.1, 0.15) is 27.7 Å². The molecule has 0 rings (SSSR count). The summed E-state index contributed by atoms with van der Waals surface area (Å²) in [4.78, 5) is 11.6. The fraction of sp³-hybridized carbons (Fsp3) is 0.909. The molecular formula is C11H21F3N2O2. The molecule has 108 valence electrons. The fourth-order valence-corrected chi connectivity index (χ4v) is 1.09. The predicted molar refractivity (Wildman–Crippen MR) is 61.9 cm³/mol. The van der Waals surface area contributed by atoms with Gasteiger partial charge in [0, 0.05) is 6.61 Å². The summed E-state index contributed by atoms with van der Waals surface area (Å²) < 4.78 is 42.8. The molecule has 18 heavy (non-hydrogen) atoms. The molecule has 2 unspecified atom stereocenters. The maximum absolute atomic E-state index is 12.6. The second-order valence-electron chi connectivity index (χ2n) is 4.68. The highest BCUT2D eigenvalue weighted by molar-refractivity contribution is 5.86. The maximum atomic E-state index is 12.6. The zero-order valence-electron chi connectivity index (χ0n) is 11.1. The second kappa shape index (κ2) is 6.38. The quantitative estimate of drug-likeness (QED) is 0.767. The first-order valence-corrected chi connectivity index (χ1v) is 5.78. The molecule has 3 N–H and O–H groups in total. The van der Waals surface area contributed by atoms with Crippen molar-refractivity contribution in [3.8, 4) is 0 Å². The van der Waals surface area contributed by atoms with Crippen LogP contribution in [0, 0.1) is 5.92 Å². The number of amides is 1.